The van der Waals surface area contributed by atoms with Crippen molar-refractivity contribution in [3.63, 3.8) is 0 Å². The van der Waals surface area contributed by atoms with Gasteiger partial charge >= 0.3 is 0 Å². The second-order valence-corrected chi connectivity index (χ2v) is 7.86. The van der Waals surface area contributed by atoms with Gasteiger partial charge in [0.05, 0.1) is 24.2 Å². The highest BCUT2D eigenvalue weighted by Gasteiger charge is 2.37. The number of thioether (sulfide) groups is 2. The number of amides is 3. The van der Waals surface area contributed by atoms with Crippen LogP contribution < -0.4 is 10.1 Å². The first-order valence-corrected chi connectivity index (χ1v) is 9.90. The van der Waals surface area contributed by atoms with E-state index in [-0.39, 0.29) is 17.5 Å². The Balaban J connectivity index is 1.68. The average Bonchev–Trinajstić information content (AvgIpc) is 3.13. The van der Waals surface area contributed by atoms with E-state index in [1.165, 1.54) is 7.11 Å². The minimum atomic E-state index is -0.607. The molecule has 138 valence electrons. The van der Waals surface area contributed by atoms with E-state index in [9.17, 15) is 19.5 Å². The van der Waals surface area contributed by atoms with Gasteiger partial charge in [0, 0.05) is 17.1 Å². The van der Waals surface area contributed by atoms with E-state index in [4.69, 9.17) is 4.74 Å². The number of aliphatic hydroxyl groups is 1. The molecule has 3 amide bonds. The number of rotatable bonds is 5. The molecule has 3 rings (SSSR count). The van der Waals surface area contributed by atoms with Crippen molar-refractivity contribution in [2.24, 2.45) is 0 Å². The molecule has 26 heavy (non-hydrogen) atoms. The maximum atomic E-state index is 12.5. The Bertz CT molecular complexity index is 767. The molecule has 7 nitrogen and oxygen atoms in total. The SMILES string of the molecule is COc1ccccc1C=C1SC(=O)N(CC(=O)NC2CSCC2O)C1=O. The van der Waals surface area contributed by atoms with Crippen molar-refractivity contribution in [1.29, 1.82) is 0 Å². The molecule has 2 fully saturated rings. The number of hydrogen-bond donors (Lipinski definition) is 2. The third-order valence-corrected chi connectivity index (χ3v) is 6.08. The fourth-order valence-corrected chi connectivity index (χ4v) is 4.64. The number of carbonyl (C=O) groups is 3. The topological polar surface area (TPSA) is 95.9 Å². The Kier molecular flexibility index (Phi) is 5.90. The number of hydrogen-bond acceptors (Lipinski definition) is 7. The highest BCUT2D eigenvalue weighted by molar-refractivity contribution is 8.18. The smallest absolute Gasteiger partial charge is 0.294 e. The monoisotopic (exact) mass is 394 g/mol. The zero-order valence-electron chi connectivity index (χ0n) is 14.0. The second-order valence-electron chi connectivity index (χ2n) is 5.79. The molecule has 0 bridgehead atoms. The Morgan fingerprint density at radius 1 is 1.38 bits per heavy atom. The summed E-state index contributed by atoms with van der Waals surface area (Å²) in [5, 5.41) is 11.9. The van der Waals surface area contributed by atoms with E-state index in [0.717, 1.165) is 16.7 Å². The number of imide groups is 1. The lowest BCUT2D eigenvalue weighted by Gasteiger charge is -2.18. The number of para-hydroxylation sites is 1. The number of aliphatic hydroxyl groups excluding tert-OH is 1. The van der Waals surface area contributed by atoms with Crippen LogP contribution in [0.2, 0.25) is 0 Å². The van der Waals surface area contributed by atoms with Gasteiger partial charge in [-0.1, -0.05) is 18.2 Å². The van der Waals surface area contributed by atoms with Gasteiger partial charge in [0.15, 0.2) is 0 Å². The molecule has 1 aromatic rings. The van der Waals surface area contributed by atoms with Crippen molar-refractivity contribution >= 4 is 46.7 Å². The fourth-order valence-electron chi connectivity index (χ4n) is 2.64. The standard InChI is InChI=1S/C17H18N2O5S2/c1-24-13-5-3-2-4-10(13)6-14-16(22)19(17(23)26-14)7-15(21)18-11-8-25-9-12(11)20/h2-6,11-12,20H,7-9H2,1H3,(H,18,21). The number of ether oxygens (including phenoxy) is 1. The zero-order valence-corrected chi connectivity index (χ0v) is 15.6. The van der Waals surface area contributed by atoms with Crippen LogP contribution in [0.15, 0.2) is 29.2 Å². The molecule has 2 atom stereocenters. The van der Waals surface area contributed by atoms with Gasteiger partial charge in [-0.2, -0.15) is 11.8 Å². The van der Waals surface area contributed by atoms with Gasteiger partial charge < -0.3 is 15.2 Å². The number of methoxy groups -OCH3 is 1. The highest BCUT2D eigenvalue weighted by atomic mass is 32.2. The Labute approximate surface area is 159 Å². The molecule has 0 spiro atoms. The molecule has 0 aromatic heterocycles. The summed E-state index contributed by atoms with van der Waals surface area (Å²) in [4.78, 5) is 37.9. The summed E-state index contributed by atoms with van der Waals surface area (Å²) >= 11 is 2.33. The summed E-state index contributed by atoms with van der Waals surface area (Å²) in [6.45, 7) is -0.359. The van der Waals surface area contributed by atoms with Crippen LogP contribution in [-0.4, -0.2) is 64.4 Å². The minimum absolute atomic E-state index is 0.240. The Morgan fingerprint density at radius 2 is 2.15 bits per heavy atom. The summed E-state index contributed by atoms with van der Waals surface area (Å²) < 4.78 is 5.24. The summed E-state index contributed by atoms with van der Waals surface area (Å²) in [5.41, 5.74) is 0.677. The molecular formula is C17H18N2O5S2. The molecule has 2 heterocycles. The van der Waals surface area contributed by atoms with Gasteiger partial charge in [-0.25, -0.2) is 0 Å². The Hall–Kier alpha value is -1.97. The lowest BCUT2D eigenvalue weighted by Crippen LogP contribution is -2.47. The highest BCUT2D eigenvalue weighted by Crippen LogP contribution is 2.33. The van der Waals surface area contributed by atoms with Crippen LogP contribution in [-0.2, 0) is 9.59 Å². The number of benzene rings is 1. The van der Waals surface area contributed by atoms with E-state index >= 15 is 0 Å². The molecule has 0 radical (unpaired) electrons. The minimum Gasteiger partial charge on any atom is -0.496 e. The van der Waals surface area contributed by atoms with E-state index in [1.807, 2.05) is 6.07 Å². The van der Waals surface area contributed by atoms with Crippen LogP contribution in [0.1, 0.15) is 5.56 Å². The van der Waals surface area contributed by atoms with E-state index < -0.39 is 23.2 Å². The lowest BCUT2D eigenvalue weighted by molar-refractivity contribution is -0.129. The van der Waals surface area contributed by atoms with Gasteiger partial charge in [0.25, 0.3) is 11.1 Å². The molecule has 0 saturated carbocycles. The van der Waals surface area contributed by atoms with Crippen molar-refractivity contribution < 1.29 is 24.2 Å². The first-order valence-electron chi connectivity index (χ1n) is 7.93. The predicted octanol–water partition coefficient (Wildman–Crippen LogP) is 1.32. The number of carbonyl (C=O) groups excluding carboxylic acids is 3. The second kappa shape index (κ2) is 8.15. The van der Waals surface area contributed by atoms with E-state index in [1.54, 1.807) is 36.0 Å². The van der Waals surface area contributed by atoms with Gasteiger partial charge in [-0.3, -0.25) is 19.3 Å². The molecular weight excluding hydrogens is 376 g/mol. The van der Waals surface area contributed by atoms with Crippen LogP contribution in [0, 0.1) is 0 Å². The van der Waals surface area contributed by atoms with E-state index in [2.05, 4.69) is 5.32 Å². The normalized spacial score (nSPS) is 24.4. The predicted molar refractivity (Wildman–Crippen MR) is 101 cm³/mol. The summed E-state index contributed by atoms with van der Waals surface area (Å²) in [6, 6.07) is 6.79. The average molecular weight is 394 g/mol. The first kappa shape index (κ1) is 18.8. The molecule has 2 saturated heterocycles. The zero-order chi connectivity index (χ0) is 18.7. The molecule has 9 heteroatoms. The van der Waals surface area contributed by atoms with Crippen molar-refractivity contribution in [3.05, 3.63) is 34.7 Å². The van der Waals surface area contributed by atoms with Crippen LogP contribution in [0.4, 0.5) is 4.79 Å². The van der Waals surface area contributed by atoms with Gasteiger partial charge in [0.2, 0.25) is 5.91 Å². The van der Waals surface area contributed by atoms with Crippen molar-refractivity contribution in [2.75, 3.05) is 25.2 Å². The van der Waals surface area contributed by atoms with Crippen LogP contribution >= 0.6 is 23.5 Å². The van der Waals surface area contributed by atoms with Gasteiger partial charge in [-0.15, -0.1) is 0 Å². The first-order chi connectivity index (χ1) is 12.5. The quantitative estimate of drug-likeness (QED) is 0.727. The van der Waals surface area contributed by atoms with Crippen LogP contribution in [0.25, 0.3) is 6.08 Å². The van der Waals surface area contributed by atoms with Crippen molar-refractivity contribution in [1.82, 2.24) is 10.2 Å². The molecule has 2 N–H and O–H groups in total. The van der Waals surface area contributed by atoms with Gasteiger partial charge in [0.1, 0.15) is 12.3 Å². The fraction of sp³-hybridized carbons (Fsp3) is 0.353. The third kappa shape index (κ3) is 4.05. The van der Waals surface area contributed by atoms with Crippen LogP contribution in [0.5, 0.6) is 5.75 Å². The largest absolute Gasteiger partial charge is 0.496 e. The summed E-state index contributed by atoms with van der Waals surface area (Å²) in [6.07, 6.45) is 0.975. The van der Waals surface area contributed by atoms with Crippen molar-refractivity contribution in [3.8, 4) is 5.75 Å². The third-order valence-electron chi connectivity index (χ3n) is 4.00. The maximum Gasteiger partial charge on any atom is 0.294 e. The van der Waals surface area contributed by atoms with Crippen LogP contribution in [0.3, 0.4) is 0 Å². The number of nitrogens with zero attached hydrogens (tertiary/aromatic N) is 1. The van der Waals surface area contributed by atoms with E-state index in [0.29, 0.717) is 22.8 Å². The molecule has 2 aliphatic rings. The molecule has 2 unspecified atom stereocenters. The molecule has 0 aliphatic carbocycles. The van der Waals surface area contributed by atoms with Crippen molar-refractivity contribution in [2.45, 2.75) is 12.1 Å². The van der Waals surface area contributed by atoms with Gasteiger partial charge in [-0.05, 0) is 23.9 Å². The lowest BCUT2D eigenvalue weighted by atomic mass is 10.2. The molecule has 2 aliphatic heterocycles. The Morgan fingerprint density at radius 3 is 2.85 bits per heavy atom. The summed E-state index contributed by atoms with van der Waals surface area (Å²) in [7, 11) is 1.53. The number of nitrogens with one attached hydrogen (secondary N) is 1. The maximum absolute atomic E-state index is 12.5. The summed E-state index contributed by atoms with van der Waals surface area (Å²) in [5.74, 6) is 0.793. The molecule has 1 aromatic carbocycles.